The molecule has 0 unspecified atom stereocenters. The topological polar surface area (TPSA) is 9.23 Å². The lowest BCUT2D eigenvalue weighted by Crippen LogP contribution is -2.04. The van der Waals surface area contributed by atoms with Gasteiger partial charge in [-0.2, -0.15) is 0 Å². The van der Waals surface area contributed by atoms with E-state index in [4.69, 9.17) is 4.74 Å². The Kier molecular flexibility index (Phi) is 2.04. The molecule has 0 N–H and O–H groups in total. The summed E-state index contributed by atoms with van der Waals surface area (Å²) in [5.74, 6) is 2.17. The number of hydrogen-bond donors (Lipinski definition) is 0. The molecule has 11 heavy (non-hydrogen) atoms. The van der Waals surface area contributed by atoms with Crippen molar-refractivity contribution in [3.8, 4) is 0 Å². The molecule has 0 saturated carbocycles. The molecule has 0 aromatic carbocycles. The Labute approximate surface area is 70.8 Å². The molecule has 2 heteroatoms. The van der Waals surface area contributed by atoms with Crippen molar-refractivity contribution in [3.05, 3.63) is 35.0 Å². The summed E-state index contributed by atoms with van der Waals surface area (Å²) in [5.41, 5.74) is 0. The summed E-state index contributed by atoms with van der Waals surface area (Å²) in [6.07, 6.45) is 9.36. The molecule has 0 aromatic rings. The second-order valence-electron chi connectivity index (χ2n) is 2.48. The third-order valence-corrected chi connectivity index (χ3v) is 2.78. The largest absolute Gasteiger partial charge is 0.492 e. The van der Waals surface area contributed by atoms with E-state index in [1.807, 2.05) is 23.9 Å². The zero-order valence-corrected chi connectivity index (χ0v) is 7.06. The third kappa shape index (κ3) is 1.51. The number of allylic oxidation sites excluding steroid dienone is 5. The van der Waals surface area contributed by atoms with Gasteiger partial charge in [-0.3, -0.25) is 0 Å². The van der Waals surface area contributed by atoms with Gasteiger partial charge in [0.05, 0.1) is 6.61 Å². The van der Waals surface area contributed by atoms with Crippen LogP contribution in [-0.4, -0.2) is 12.4 Å². The quantitative estimate of drug-likeness (QED) is 0.546. The van der Waals surface area contributed by atoms with Gasteiger partial charge in [0.2, 0.25) is 0 Å². The lowest BCUT2D eigenvalue weighted by atomic mass is 10.3. The van der Waals surface area contributed by atoms with Crippen molar-refractivity contribution >= 4 is 11.8 Å². The van der Waals surface area contributed by atoms with Gasteiger partial charge >= 0.3 is 0 Å². The molecule has 1 aliphatic heterocycles. The van der Waals surface area contributed by atoms with Crippen molar-refractivity contribution in [3.63, 3.8) is 0 Å². The Morgan fingerprint density at radius 3 is 3.36 bits per heavy atom. The molecule has 0 saturated heterocycles. The van der Waals surface area contributed by atoms with Gasteiger partial charge in [0.15, 0.2) is 0 Å². The van der Waals surface area contributed by atoms with E-state index in [0.717, 1.165) is 24.5 Å². The van der Waals surface area contributed by atoms with Crippen LogP contribution in [0.4, 0.5) is 0 Å². The molecule has 2 rings (SSSR count). The highest BCUT2D eigenvalue weighted by Gasteiger charge is 2.11. The van der Waals surface area contributed by atoms with Crippen LogP contribution in [0.1, 0.15) is 6.42 Å². The van der Waals surface area contributed by atoms with Crippen LogP contribution in [0.2, 0.25) is 0 Å². The number of hydrogen-bond acceptors (Lipinski definition) is 2. The lowest BCUT2D eigenvalue weighted by molar-refractivity contribution is 0.240. The fourth-order valence-electron chi connectivity index (χ4n) is 1.17. The van der Waals surface area contributed by atoms with E-state index in [0.29, 0.717) is 0 Å². The van der Waals surface area contributed by atoms with Crippen molar-refractivity contribution < 1.29 is 4.74 Å². The normalized spacial score (nSPS) is 22.5. The Bertz CT molecular complexity index is 238. The smallest absolute Gasteiger partial charge is 0.129 e. The molecule has 0 radical (unpaired) electrons. The molecule has 0 amide bonds. The zero-order valence-electron chi connectivity index (χ0n) is 6.25. The van der Waals surface area contributed by atoms with Gasteiger partial charge < -0.3 is 4.74 Å². The van der Waals surface area contributed by atoms with Gasteiger partial charge in [-0.25, -0.2) is 0 Å². The van der Waals surface area contributed by atoms with Gasteiger partial charge in [0.25, 0.3) is 0 Å². The van der Waals surface area contributed by atoms with Gasteiger partial charge in [0.1, 0.15) is 5.76 Å². The van der Waals surface area contributed by atoms with E-state index in [1.165, 1.54) is 4.91 Å². The summed E-state index contributed by atoms with van der Waals surface area (Å²) in [5, 5.41) is 0. The molecule has 0 bridgehead atoms. The molecule has 2 aliphatic rings. The van der Waals surface area contributed by atoms with Crippen LogP contribution in [0, 0.1) is 0 Å². The first-order valence-electron chi connectivity index (χ1n) is 3.79. The fourth-order valence-corrected chi connectivity index (χ4v) is 2.06. The van der Waals surface area contributed by atoms with Crippen LogP contribution in [0.15, 0.2) is 35.0 Å². The molecule has 0 fully saturated rings. The van der Waals surface area contributed by atoms with Crippen LogP contribution in [0.3, 0.4) is 0 Å². The van der Waals surface area contributed by atoms with Gasteiger partial charge in [-0.1, -0.05) is 18.2 Å². The number of thioether (sulfide) groups is 1. The first kappa shape index (κ1) is 7.04. The standard InChI is InChI=1S/C9H10OS/c1-2-4-8-9(5-3-1)11-7-6-10-8/h1-4H,5-7H2. The molecule has 58 valence electrons. The Morgan fingerprint density at radius 2 is 2.36 bits per heavy atom. The Hall–Kier alpha value is -0.630. The van der Waals surface area contributed by atoms with E-state index in [9.17, 15) is 0 Å². The zero-order chi connectivity index (χ0) is 7.52. The first-order valence-corrected chi connectivity index (χ1v) is 4.77. The predicted octanol–water partition coefficient (Wildman–Crippen LogP) is 2.48. The molecule has 1 heterocycles. The maximum absolute atomic E-state index is 5.49. The molecule has 1 nitrogen and oxygen atoms in total. The molecular formula is C9H10OS. The summed E-state index contributed by atoms with van der Waals surface area (Å²) < 4.78 is 5.49. The maximum Gasteiger partial charge on any atom is 0.129 e. The molecule has 0 atom stereocenters. The first-order chi connectivity index (χ1) is 5.47. The molecule has 0 spiro atoms. The minimum Gasteiger partial charge on any atom is -0.492 e. The summed E-state index contributed by atoms with van der Waals surface area (Å²) >= 11 is 1.91. The number of ether oxygens (including phenoxy) is 1. The highest BCUT2D eigenvalue weighted by molar-refractivity contribution is 8.03. The Morgan fingerprint density at radius 1 is 1.36 bits per heavy atom. The fraction of sp³-hybridized carbons (Fsp3) is 0.333. The van der Waals surface area contributed by atoms with Crippen molar-refractivity contribution in [2.75, 3.05) is 12.4 Å². The summed E-state index contributed by atoms with van der Waals surface area (Å²) in [4.78, 5) is 1.38. The van der Waals surface area contributed by atoms with Gasteiger partial charge in [-0.05, 0) is 6.08 Å². The minimum atomic E-state index is 0.855. The van der Waals surface area contributed by atoms with E-state index in [-0.39, 0.29) is 0 Å². The van der Waals surface area contributed by atoms with Crippen LogP contribution in [-0.2, 0) is 4.74 Å². The van der Waals surface area contributed by atoms with Crippen molar-refractivity contribution in [2.45, 2.75) is 6.42 Å². The van der Waals surface area contributed by atoms with Crippen molar-refractivity contribution in [2.24, 2.45) is 0 Å². The third-order valence-electron chi connectivity index (χ3n) is 1.69. The summed E-state index contributed by atoms with van der Waals surface area (Å²) in [7, 11) is 0. The molecular weight excluding hydrogens is 156 g/mol. The minimum absolute atomic E-state index is 0.855. The van der Waals surface area contributed by atoms with Gasteiger partial charge in [0, 0.05) is 17.1 Å². The highest BCUT2D eigenvalue weighted by atomic mass is 32.2. The highest BCUT2D eigenvalue weighted by Crippen LogP contribution is 2.30. The van der Waals surface area contributed by atoms with Crippen LogP contribution in [0.5, 0.6) is 0 Å². The summed E-state index contributed by atoms with van der Waals surface area (Å²) in [6, 6.07) is 0. The lowest BCUT2D eigenvalue weighted by Gasteiger charge is -2.16. The SMILES string of the molecule is C1=CCC2=C(C=C1)OCCS2. The average Bonchev–Trinajstić information content (AvgIpc) is 2.28. The van der Waals surface area contributed by atoms with Crippen molar-refractivity contribution in [1.29, 1.82) is 0 Å². The van der Waals surface area contributed by atoms with E-state index in [2.05, 4.69) is 12.2 Å². The molecule has 1 aliphatic carbocycles. The monoisotopic (exact) mass is 166 g/mol. The number of rotatable bonds is 0. The van der Waals surface area contributed by atoms with Crippen LogP contribution < -0.4 is 0 Å². The van der Waals surface area contributed by atoms with E-state index >= 15 is 0 Å². The average molecular weight is 166 g/mol. The second-order valence-corrected chi connectivity index (χ2v) is 3.67. The van der Waals surface area contributed by atoms with E-state index in [1.54, 1.807) is 0 Å². The predicted molar refractivity (Wildman–Crippen MR) is 48.3 cm³/mol. The summed E-state index contributed by atoms with van der Waals surface area (Å²) in [6.45, 7) is 0.855. The Balaban J connectivity index is 2.26. The van der Waals surface area contributed by atoms with Crippen LogP contribution >= 0.6 is 11.8 Å². The van der Waals surface area contributed by atoms with Crippen molar-refractivity contribution in [1.82, 2.24) is 0 Å². The molecule has 0 aromatic heterocycles. The van der Waals surface area contributed by atoms with E-state index < -0.39 is 0 Å². The second kappa shape index (κ2) is 3.18. The maximum atomic E-state index is 5.49. The van der Waals surface area contributed by atoms with Crippen LogP contribution in [0.25, 0.3) is 0 Å². The van der Waals surface area contributed by atoms with Gasteiger partial charge in [-0.15, -0.1) is 11.8 Å².